The fourth-order valence-electron chi connectivity index (χ4n) is 4.57. The number of aromatic nitrogens is 1. The summed E-state index contributed by atoms with van der Waals surface area (Å²) in [5.41, 5.74) is 2.16. The minimum atomic E-state index is -0.338. The van der Waals surface area contributed by atoms with Crippen molar-refractivity contribution in [2.75, 3.05) is 33.4 Å². The number of carbonyl (C=O) groups excluding carboxylic acids is 3. The van der Waals surface area contributed by atoms with E-state index in [9.17, 15) is 14.4 Å². The molecule has 1 saturated heterocycles. The second kappa shape index (κ2) is 9.03. The maximum absolute atomic E-state index is 13.2. The van der Waals surface area contributed by atoms with Crippen molar-refractivity contribution in [3.63, 3.8) is 0 Å². The number of ether oxygens (including phenoxy) is 1. The molecule has 2 aromatic carbocycles. The van der Waals surface area contributed by atoms with Crippen molar-refractivity contribution in [2.45, 2.75) is 25.2 Å². The van der Waals surface area contributed by atoms with Crippen molar-refractivity contribution in [1.82, 2.24) is 14.8 Å². The lowest BCUT2D eigenvalue weighted by molar-refractivity contribution is 0.0638. The Hall–Kier alpha value is -3.10. The molecule has 0 spiro atoms. The number of piperidine rings is 1. The Kier molecular flexibility index (Phi) is 5.95. The number of nitrogens with zero attached hydrogens (tertiary/aromatic N) is 3. The van der Waals surface area contributed by atoms with Crippen LogP contribution in [0, 0.1) is 0 Å². The molecule has 8 heteroatoms. The second-order valence-electron chi connectivity index (χ2n) is 8.45. The molecule has 2 aliphatic rings. The van der Waals surface area contributed by atoms with E-state index in [1.165, 1.54) is 9.60 Å². The van der Waals surface area contributed by atoms with Crippen LogP contribution in [-0.2, 0) is 4.74 Å². The molecule has 3 heterocycles. The topological polar surface area (TPSA) is 79.8 Å². The van der Waals surface area contributed by atoms with Gasteiger partial charge < -0.3 is 9.64 Å². The first kappa shape index (κ1) is 21.7. The Morgan fingerprint density at radius 1 is 1.09 bits per heavy atom. The Bertz CT molecular complexity index is 1200. The Morgan fingerprint density at radius 2 is 1.85 bits per heavy atom. The van der Waals surface area contributed by atoms with E-state index in [1.54, 1.807) is 36.6 Å². The minimum Gasteiger partial charge on any atom is -0.385 e. The summed E-state index contributed by atoms with van der Waals surface area (Å²) in [6, 6.07) is 13.0. The van der Waals surface area contributed by atoms with Gasteiger partial charge in [-0.1, -0.05) is 12.1 Å². The Balaban J connectivity index is 1.26. The van der Waals surface area contributed by atoms with Crippen LogP contribution >= 0.6 is 11.3 Å². The molecule has 0 saturated carbocycles. The van der Waals surface area contributed by atoms with Crippen molar-refractivity contribution in [1.29, 1.82) is 0 Å². The number of hydrogen-bond acceptors (Lipinski definition) is 6. The first-order chi connectivity index (χ1) is 16.1. The molecule has 0 radical (unpaired) electrons. The van der Waals surface area contributed by atoms with Crippen molar-refractivity contribution in [3.05, 3.63) is 64.2 Å². The highest BCUT2D eigenvalue weighted by molar-refractivity contribution is 7.18. The molecule has 170 valence electrons. The first-order valence-corrected chi connectivity index (χ1v) is 12.0. The molecule has 3 aromatic rings. The zero-order chi connectivity index (χ0) is 22.9. The van der Waals surface area contributed by atoms with E-state index in [1.807, 2.05) is 23.1 Å². The number of benzene rings is 2. The summed E-state index contributed by atoms with van der Waals surface area (Å²) in [7, 11) is 1.59. The molecule has 0 aliphatic carbocycles. The zero-order valence-corrected chi connectivity index (χ0v) is 19.3. The predicted octanol–water partition coefficient (Wildman–Crippen LogP) is 3.95. The lowest BCUT2D eigenvalue weighted by atomic mass is 9.96. The highest BCUT2D eigenvalue weighted by Crippen LogP contribution is 2.34. The minimum absolute atomic E-state index is 0.0985. The molecule has 0 bridgehead atoms. The molecular weight excluding hydrogens is 438 g/mol. The third-order valence-electron chi connectivity index (χ3n) is 6.39. The summed E-state index contributed by atoms with van der Waals surface area (Å²) >= 11 is 1.73. The van der Waals surface area contributed by atoms with Crippen LogP contribution in [0.25, 0.3) is 10.2 Å². The average Bonchev–Trinajstić information content (AvgIpc) is 3.38. The number of fused-ring (bicyclic) bond motifs is 2. The van der Waals surface area contributed by atoms with E-state index >= 15 is 0 Å². The van der Waals surface area contributed by atoms with Gasteiger partial charge in [-0.15, -0.1) is 11.3 Å². The van der Waals surface area contributed by atoms with Gasteiger partial charge in [0.1, 0.15) is 0 Å². The Labute approximate surface area is 196 Å². The largest absolute Gasteiger partial charge is 0.385 e. The van der Waals surface area contributed by atoms with Crippen molar-refractivity contribution in [2.24, 2.45) is 0 Å². The molecule has 0 atom stereocenters. The van der Waals surface area contributed by atoms with Gasteiger partial charge in [-0.25, -0.2) is 4.98 Å². The second-order valence-corrected chi connectivity index (χ2v) is 9.52. The van der Waals surface area contributed by atoms with E-state index in [-0.39, 0.29) is 17.7 Å². The molecule has 3 amide bonds. The number of methoxy groups -OCH3 is 1. The summed E-state index contributed by atoms with van der Waals surface area (Å²) < 4.78 is 6.21. The number of hydrogen-bond donors (Lipinski definition) is 0. The number of rotatable bonds is 6. The lowest BCUT2D eigenvalue weighted by Gasteiger charge is -2.31. The summed E-state index contributed by atoms with van der Waals surface area (Å²) in [6.45, 7) is 2.08. The summed E-state index contributed by atoms with van der Waals surface area (Å²) in [4.78, 5) is 46.4. The molecule has 5 rings (SSSR count). The number of likely N-dealkylation sites (tertiary alicyclic amines) is 1. The smallest absolute Gasteiger partial charge is 0.261 e. The van der Waals surface area contributed by atoms with Gasteiger partial charge in [-0.3, -0.25) is 19.3 Å². The molecular formula is C25H25N3O4S. The van der Waals surface area contributed by atoms with Crippen LogP contribution in [0.4, 0.5) is 0 Å². The van der Waals surface area contributed by atoms with Crippen LogP contribution in [0.3, 0.4) is 0 Å². The van der Waals surface area contributed by atoms with Gasteiger partial charge in [0.05, 0.1) is 26.4 Å². The van der Waals surface area contributed by atoms with Crippen molar-refractivity contribution in [3.8, 4) is 0 Å². The third-order valence-corrected chi connectivity index (χ3v) is 7.59. The number of carbonyl (C=O) groups is 3. The normalized spacial score (nSPS) is 16.6. The van der Waals surface area contributed by atoms with Gasteiger partial charge in [0.25, 0.3) is 17.7 Å². The number of thiazole rings is 1. The molecule has 33 heavy (non-hydrogen) atoms. The zero-order valence-electron chi connectivity index (χ0n) is 18.5. The molecule has 7 nitrogen and oxygen atoms in total. The Morgan fingerprint density at radius 3 is 2.61 bits per heavy atom. The van der Waals surface area contributed by atoms with Crippen LogP contribution < -0.4 is 0 Å². The highest BCUT2D eigenvalue weighted by atomic mass is 32.1. The number of amides is 3. The van der Waals surface area contributed by atoms with Crippen LogP contribution in [0.2, 0.25) is 0 Å². The van der Waals surface area contributed by atoms with Crippen LogP contribution in [-0.4, -0.2) is 65.9 Å². The average molecular weight is 464 g/mol. The molecule has 0 N–H and O–H groups in total. The number of imide groups is 1. The van der Waals surface area contributed by atoms with E-state index in [4.69, 9.17) is 9.72 Å². The summed E-state index contributed by atoms with van der Waals surface area (Å²) in [5.74, 6) is -0.387. The predicted molar refractivity (Wildman–Crippen MR) is 126 cm³/mol. The van der Waals surface area contributed by atoms with Crippen molar-refractivity contribution >= 4 is 39.3 Å². The van der Waals surface area contributed by atoms with Gasteiger partial charge in [0.15, 0.2) is 0 Å². The van der Waals surface area contributed by atoms with Gasteiger partial charge in [0.2, 0.25) is 0 Å². The number of para-hydroxylation sites is 1. The van der Waals surface area contributed by atoms with Gasteiger partial charge in [-0.2, -0.15) is 0 Å². The first-order valence-electron chi connectivity index (χ1n) is 11.2. The van der Waals surface area contributed by atoms with E-state index in [2.05, 4.69) is 6.07 Å². The highest BCUT2D eigenvalue weighted by Gasteiger charge is 2.36. The molecule has 0 unspecified atom stereocenters. The maximum Gasteiger partial charge on any atom is 0.261 e. The van der Waals surface area contributed by atoms with E-state index in [0.717, 1.165) is 23.4 Å². The summed E-state index contributed by atoms with van der Waals surface area (Å²) in [6.07, 6.45) is 2.31. The molecule has 1 fully saturated rings. The standard InChI is InChI=1S/C25H25N3O4S/c1-32-14-4-11-28-24(30)18-8-7-17(15-19(18)25(28)31)23(29)27-12-9-16(10-13-27)22-26-20-5-2-3-6-21(20)33-22/h2-3,5-8,15-16H,4,9-14H2,1H3. The van der Waals surface area contributed by atoms with Crippen LogP contribution in [0.1, 0.15) is 61.3 Å². The molecule has 2 aliphatic heterocycles. The summed E-state index contributed by atoms with van der Waals surface area (Å²) in [5, 5.41) is 1.14. The van der Waals surface area contributed by atoms with Crippen LogP contribution in [0.15, 0.2) is 42.5 Å². The van der Waals surface area contributed by atoms with Gasteiger partial charge in [0, 0.05) is 44.8 Å². The fraction of sp³-hybridized carbons (Fsp3) is 0.360. The monoisotopic (exact) mass is 463 g/mol. The van der Waals surface area contributed by atoms with E-state index in [0.29, 0.717) is 55.3 Å². The third kappa shape index (κ3) is 4.05. The fourth-order valence-corrected chi connectivity index (χ4v) is 5.71. The quantitative estimate of drug-likeness (QED) is 0.409. The maximum atomic E-state index is 13.2. The van der Waals surface area contributed by atoms with Gasteiger partial charge >= 0.3 is 0 Å². The van der Waals surface area contributed by atoms with Crippen molar-refractivity contribution < 1.29 is 19.1 Å². The van der Waals surface area contributed by atoms with Gasteiger partial charge in [-0.05, 0) is 49.6 Å². The SMILES string of the molecule is COCCCN1C(=O)c2ccc(C(=O)N3CCC(c4nc5ccccc5s4)CC3)cc2C1=O. The van der Waals surface area contributed by atoms with E-state index < -0.39 is 0 Å². The molecule has 1 aromatic heterocycles. The van der Waals surface area contributed by atoms with Crippen LogP contribution in [0.5, 0.6) is 0 Å². The lowest BCUT2D eigenvalue weighted by Crippen LogP contribution is -2.38.